The van der Waals surface area contributed by atoms with Crippen LogP contribution in [0.15, 0.2) is 24.4 Å². The molecule has 1 aliphatic carbocycles. The molecule has 136 valence electrons. The Hall–Kier alpha value is -2.38. The molecule has 26 heavy (non-hydrogen) atoms. The highest BCUT2D eigenvalue weighted by atomic mass is 16.5. The van der Waals surface area contributed by atoms with Crippen molar-refractivity contribution in [3.63, 3.8) is 0 Å². The summed E-state index contributed by atoms with van der Waals surface area (Å²) >= 11 is 0. The van der Waals surface area contributed by atoms with E-state index in [0.717, 1.165) is 36.9 Å². The van der Waals surface area contributed by atoms with E-state index in [2.05, 4.69) is 29.7 Å². The molecule has 3 rings (SSSR count). The van der Waals surface area contributed by atoms with Gasteiger partial charge in [-0.2, -0.15) is 0 Å². The molecule has 0 unspecified atom stereocenters. The van der Waals surface area contributed by atoms with Crippen LogP contribution in [0.4, 0.5) is 0 Å². The third-order valence-electron chi connectivity index (χ3n) is 4.69. The van der Waals surface area contributed by atoms with Crippen LogP contribution in [-0.4, -0.2) is 22.1 Å². The van der Waals surface area contributed by atoms with Gasteiger partial charge in [-0.05, 0) is 68.2 Å². The third-order valence-corrected chi connectivity index (χ3v) is 4.69. The van der Waals surface area contributed by atoms with Crippen LogP contribution in [0.3, 0.4) is 0 Å². The number of hydrogen-bond acceptors (Lipinski definition) is 4. The lowest BCUT2D eigenvalue weighted by atomic mass is 9.93. The van der Waals surface area contributed by atoms with Crippen molar-refractivity contribution in [2.24, 2.45) is 11.7 Å². The van der Waals surface area contributed by atoms with Crippen molar-refractivity contribution in [2.75, 3.05) is 6.61 Å². The Labute approximate surface area is 156 Å². The van der Waals surface area contributed by atoms with Gasteiger partial charge in [0.1, 0.15) is 6.61 Å². The Morgan fingerprint density at radius 3 is 2.85 bits per heavy atom. The topological polar surface area (TPSA) is 61.0 Å². The molecule has 0 bridgehead atoms. The summed E-state index contributed by atoms with van der Waals surface area (Å²) in [6.07, 6.45) is 11.7. The minimum atomic E-state index is -0.398. The second kappa shape index (κ2) is 7.47. The molecule has 0 amide bonds. The second-order valence-electron chi connectivity index (χ2n) is 7.87. The highest BCUT2D eigenvalue weighted by Gasteiger charge is 2.22. The number of ether oxygens (including phenoxy) is 1. The fourth-order valence-corrected chi connectivity index (χ4v) is 3.75. The standard InChI is InChI=1S/C22H27N3O/c1-5-18-21(26-14-22(4,23)13-15(2)3)10-9-20(25-18)17-11-12-24-19-8-6-7-16(17)19/h1,9-12,15H,6-8,13-14,23H2,2-4H3/t22-/m0/s1. The fraction of sp³-hybridized carbons (Fsp3) is 0.455. The Bertz CT molecular complexity index is 834. The summed E-state index contributed by atoms with van der Waals surface area (Å²) in [7, 11) is 0. The van der Waals surface area contributed by atoms with Crippen LogP contribution in [0.25, 0.3) is 11.3 Å². The fourth-order valence-electron chi connectivity index (χ4n) is 3.75. The van der Waals surface area contributed by atoms with Gasteiger partial charge in [-0.3, -0.25) is 4.98 Å². The molecule has 0 spiro atoms. The molecular weight excluding hydrogens is 322 g/mol. The monoisotopic (exact) mass is 349 g/mol. The molecule has 2 aromatic heterocycles. The maximum Gasteiger partial charge on any atom is 0.155 e. The maximum absolute atomic E-state index is 6.34. The molecule has 0 radical (unpaired) electrons. The van der Waals surface area contributed by atoms with Gasteiger partial charge in [0.25, 0.3) is 0 Å². The van der Waals surface area contributed by atoms with E-state index in [1.165, 1.54) is 11.3 Å². The molecule has 2 heterocycles. The predicted molar refractivity (Wildman–Crippen MR) is 105 cm³/mol. The lowest BCUT2D eigenvalue weighted by Crippen LogP contribution is -2.43. The van der Waals surface area contributed by atoms with Crippen molar-refractivity contribution in [1.29, 1.82) is 0 Å². The van der Waals surface area contributed by atoms with Gasteiger partial charge in [0, 0.05) is 23.0 Å². The number of aromatic nitrogens is 2. The molecule has 0 fully saturated rings. The first-order valence-electron chi connectivity index (χ1n) is 9.26. The van der Waals surface area contributed by atoms with E-state index in [4.69, 9.17) is 16.9 Å². The number of hydrogen-bond donors (Lipinski definition) is 1. The Kier molecular flexibility index (Phi) is 5.29. The molecule has 2 N–H and O–H groups in total. The van der Waals surface area contributed by atoms with Crippen molar-refractivity contribution in [3.8, 4) is 29.4 Å². The molecule has 0 aliphatic heterocycles. The minimum Gasteiger partial charge on any atom is -0.489 e. The highest BCUT2D eigenvalue weighted by Crippen LogP contribution is 2.31. The SMILES string of the molecule is C#Cc1nc(-c2ccnc3c2CCC3)ccc1OC[C@@](C)(N)CC(C)C. The summed E-state index contributed by atoms with van der Waals surface area (Å²) in [5, 5.41) is 0. The average molecular weight is 349 g/mol. The van der Waals surface area contributed by atoms with E-state index < -0.39 is 5.54 Å². The summed E-state index contributed by atoms with van der Waals surface area (Å²) in [5.74, 6) is 3.78. The van der Waals surface area contributed by atoms with Gasteiger partial charge in [-0.1, -0.05) is 13.8 Å². The minimum absolute atomic E-state index is 0.398. The summed E-state index contributed by atoms with van der Waals surface area (Å²) in [6, 6.07) is 5.90. The van der Waals surface area contributed by atoms with E-state index in [0.29, 0.717) is 24.0 Å². The molecule has 1 atom stereocenters. The average Bonchev–Trinajstić information content (AvgIpc) is 3.07. The maximum atomic E-state index is 6.34. The molecule has 0 saturated carbocycles. The van der Waals surface area contributed by atoms with E-state index in [-0.39, 0.29) is 0 Å². The lowest BCUT2D eigenvalue weighted by molar-refractivity contribution is 0.206. The van der Waals surface area contributed by atoms with Gasteiger partial charge in [0.2, 0.25) is 0 Å². The lowest BCUT2D eigenvalue weighted by Gasteiger charge is -2.26. The number of nitrogens with zero attached hydrogens (tertiary/aromatic N) is 2. The molecular formula is C22H27N3O. The Balaban J connectivity index is 1.83. The first-order chi connectivity index (χ1) is 12.4. The van der Waals surface area contributed by atoms with Gasteiger partial charge < -0.3 is 10.5 Å². The molecule has 0 aromatic carbocycles. The zero-order valence-electron chi connectivity index (χ0n) is 15.9. The first kappa shape index (κ1) is 18.4. The third kappa shape index (κ3) is 4.05. The van der Waals surface area contributed by atoms with Gasteiger partial charge in [-0.25, -0.2) is 4.98 Å². The van der Waals surface area contributed by atoms with Gasteiger partial charge in [0.15, 0.2) is 11.4 Å². The molecule has 4 nitrogen and oxygen atoms in total. The Morgan fingerprint density at radius 1 is 1.31 bits per heavy atom. The van der Waals surface area contributed by atoms with Crippen LogP contribution in [-0.2, 0) is 12.8 Å². The number of aryl methyl sites for hydroxylation is 1. The molecule has 4 heteroatoms. The first-order valence-corrected chi connectivity index (χ1v) is 9.26. The van der Waals surface area contributed by atoms with Crippen LogP contribution >= 0.6 is 0 Å². The van der Waals surface area contributed by atoms with Crippen molar-refractivity contribution in [1.82, 2.24) is 9.97 Å². The van der Waals surface area contributed by atoms with Crippen LogP contribution in [0.1, 0.15) is 50.6 Å². The molecule has 2 aromatic rings. The zero-order valence-corrected chi connectivity index (χ0v) is 15.9. The van der Waals surface area contributed by atoms with Gasteiger partial charge in [-0.15, -0.1) is 6.42 Å². The smallest absolute Gasteiger partial charge is 0.155 e. The molecule has 1 aliphatic rings. The van der Waals surface area contributed by atoms with E-state index in [9.17, 15) is 0 Å². The summed E-state index contributed by atoms with van der Waals surface area (Å²) in [6.45, 7) is 6.72. The molecule has 0 saturated heterocycles. The van der Waals surface area contributed by atoms with Crippen LogP contribution < -0.4 is 10.5 Å². The largest absolute Gasteiger partial charge is 0.489 e. The quantitative estimate of drug-likeness (QED) is 0.807. The van der Waals surface area contributed by atoms with Crippen molar-refractivity contribution in [3.05, 3.63) is 41.3 Å². The number of rotatable bonds is 6. The van der Waals surface area contributed by atoms with Gasteiger partial charge >= 0.3 is 0 Å². The number of nitrogens with two attached hydrogens (primary N) is 1. The van der Waals surface area contributed by atoms with Crippen LogP contribution in [0, 0.1) is 18.3 Å². The second-order valence-corrected chi connectivity index (χ2v) is 7.87. The van der Waals surface area contributed by atoms with Crippen molar-refractivity contribution in [2.45, 2.75) is 52.0 Å². The van der Waals surface area contributed by atoms with Crippen LogP contribution in [0.5, 0.6) is 5.75 Å². The van der Waals surface area contributed by atoms with E-state index in [1.807, 2.05) is 31.3 Å². The van der Waals surface area contributed by atoms with Crippen LogP contribution in [0.2, 0.25) is 0 Å². The van der Waals surface area contributed by atoms with E-state index in [1.54, 1.807) is 0 Å². The van der Waals surface area contributed by atoms with Gasteiger partial charge in [0.05, 0.1) is 5.69 Å². The number of fused-ring (bicyclic) bond motifs is 1. The predicted octanol–water partition coefficient (Wildman–Crippen LogP) is 3.76. The zero-order chi connectivity index (χ0) is 18.7. The van der Waals surface area contributed by atoms with Crippen molar-refractivity contribution < 1.29 is 4.74 Å². The van der Waals surface area contributed by atoms with Crippen molar-refractivity contribution >= 4 is 0 Å². The van der Waals surface area contributed by atoms with E-state index >= 15 is 0 Å². The summed E-state index contributed by atoms with van der Waals surface area (Å²) in [4.78, 5) is 9.15. The summed E-state index contributed by atoms with van der Waals surface area (Å²) in [5.41, 5.74) is 10.9. The highest BCUT2D eigenvalue weighted by molar-refractivity contribution is 5.66. The number of pyridine rings is 2. The summed E-state index contributed by atoms with van der Waals surface area (Å²) < 4.78 is 5.93. The number of terminal acetylenes is 1. The normalized spacial score (nSPS) is 15.4. The Morgan fingerprint density at radius 2 is 2.12 bits per heavy atom.